The standard InChI is InChI=1S/C24H20O.C2H4O/c1-16-7-8-20(13-17(16)2)18-9-11-19(12-10-18)22-14-21-5-3-4-6-23(21)24(25)15-22;1-2-3/h3-15,25H,1-2H3;2H,1H3. The van der Waals surface area contributed by atoms with Crippen molar-refractivity contribution in [1.82, 2.24) is 0 Å². The fourth-order valence-electron chi connectivity index (χ4n) is 3.23. The van der Waals surface area contributed by atoms with Crippen molar-refractivity contribution in [3.05, 3.63) is 90.0 Å². The Balaban J connectivity index is 0.000000706. The molecule has 0 heterocycles. The van der Waals surface area contributed by atoms with Crippen LogP contribution in [0, 0.1) is 13.8 Å². The van der Waals surface area contributed by atoms with Crippen LogP contribution in [0.3, 0.4) is 0 Å². The maximum absolute atomic E-state index is 10.3. The van der Waals surface area contributed by atoms with Gasteiger partial charge in [0, 0.05) is 5.39 Å². The largest absolute Gasteiger partial charge is 0.507 e. The lowest BCUT2D eigenvalue weighted by atomic mass is 9.96. The lowest BCUT2D eigenvalue weighted by Crippen LogP contribution is -1.85. The van der Waals surface area contributed by atoms with E-state index in [0.717, 1.165) is 28.2 Å². The number of rotatable bonds is 2. The van der Waals surface area contributed by atoms with Crippen LogP contribution < -0.4 is 0 Å². The first kappa shape index (κ1) is 19.4. The molecule has 4 aromatic carbocycles. The van der Waals surface area contributed by atoms with Gasteiger partial charge in [0.1, 0.15) is 12.0 Å². The van der Waals surface area contributed by atoms with E-state index in [1.165, 1.54) is 29.2 Å². The molecule has 0 radical (unpaired) electrons. The molecule has 28 heavy (non-hydrogen) atoms. The highest BCUT2D eigenvalue weighted by Gasteiger charge is 2.06. The Kier molecular flexibility index (Phi) is 5.90. The molecular weight excluding hydrogens is 344 g/mol. The van der Waals surface area contributed by atoms with Gasteiger partial charge in [-0.1, -0.05) is 66.7 Å². The summed E-state index contributed by atoms with van der Waals surface area (Å²) >= 11 is 0. The Hall–Kier alpha value is -3.39. The first-order valence-electron chi connectivity index (χ1n) is 9.33. The Morgan fingerprint density at radius 3 is 1.89 bits per heavy atom. The Bertz CT molecular complexity index is 1110. The van der Waals surface area contributed by atoms with Gasteiger partial charge in [-0.15, -0.1) is 0 Å². The van der Waals surface area contributed by atoms with Gasteiger partial charge >= 0.3 is 0 Å². The summed E-state index contributed by atoms with van der Waals surface area (Å²) in [4.78, 5) is 8.81. The summed E-state index contributed by atoms with van der Waals surface area (Å²) in [5, 5.41) is 12.2. The summed E-state index contributed by atoms with van der Waals surface area (Å²) in [7, 11) is 0. The average molecular weight is 368 g/mol. The Morgan fingerprint density at radius 1 is 0.679 bits per heavy atom. The average Bonchev–Trinajstić information content (AvgIpc) is 2.71. The van der Waals surface area contributed by atoms with Crippen molar-refractivity contribution in [1.29, 1.82) is 0 Å². The highest BCUT2D eigenvalue weighted by molar-refractivity contribution is 5.92. The van der Waals surface area contributed by atoms with Crippen LogP contribution in [-0.2, 0) is 4.79 Å². The maximum Gasteiger partial charge on any atom is 0.124 e. The van der Waals surface area contributed by atoms with Crippen LogP contribution in [0.15, 0.2) is 78.9 Å². The topological polar surface area (TPSA) is 37.3 Å². The minimum atomic E-state index is 0.325. The summed E-state index contributed by atoms with van der Waals surface area (Å²) in [6.45, 7) is 5.72. The molecule has 4 rings (SSSR count). The lowest BCUT2D eigenvalue weighted by molar-refractivity contribution is -0.106. The zero-order valence-corrected chi connectivity index (χ0v) is 16.4. The highest BCUT2D eigenvalue weighted by Crippen LogP contribution is 2.32. The van der Waals surface area contributed by atoms with E-state index >= 15 is 0 Å². The molecule has 0 amide bonds. The number of aryl methyl sites for hydroxylation is 2. The van der Waals surface area contributed by atoms with E-state index in [1.54, 1.807) is 0 Å². The summed E-state index contributed by atoms with van der Waals surface area (Å²) in [5.74, 6) is 0.325. The van der Waals surface area contributed by atoms with E-state index in [1.807, 2.05) is 30.3 Å². The predicted molar refractivity (Wildman–Crippen MR) is 118 cm³/mol. The molecule has 0 atom stereocenters. The zero-order valence-electron chi connectivity index (χ0n) is 16.4. The van der Waals surface area contributed by atoms with Crippen LogP contribution in [-0.4, -0.2) is 11.4 Å². The molecule has 0 aliphatic heterocycles. The number of aromatic hydroxyl groups is 1. The fourth-order valence-corrected chi connectivity index (χ4v) is 3.23. The summed E-state index contributed by atoms with van der Waals surface area (Å²) < 4.78 is 0. The van der Waals surface area contributed by atoms with Crippen LogP contribution in [0.2, 0.25) is 0 Å². The van der Waals surface area contributed by atoms with E-state index in [0.29, 0.717) is 5.75 Å². The van der Waals surface area contributed by atoms with E-state index < -0.39 is 0 Å². The van der Waals surface area contributed by atoms with Crippen molar-refractivity contribution >= 4 is 17.1 Å². The molecule has 0 unspecified atom stereocenters. The van der Waals surface area contributed by atoms with Crippen molar-refractivity contribution in [2.75, 3.05) is 0 Å². The molecule has 0 fully saturated rings. The summed E-state index contributed by atoms with van der Waals surface area (Å²) in [6.07, 6.45) is 0.750. The molecule has 0 bridgehead atoms. The van der Waals surface area contributed by atoms with Gasteiger partial charge in [0.2, 0.25) is 0 Å². The molecule has 0 spiro atoms. The highest BCUT2D eigenvalue weighted by atomic mass is 16.3. The Morgan fingerprint density at radius 2 is 1.25 bits per heavy atom. The molecule has 2 heteroatoms. The quantitative estimate of drug-likeness (QED) is 0.400. The van der Waals surface area contributed by atoms with Crippen LogP contribution in [0.25, 0.3) is 33.0 Å². The van der Waals surface area contributed by atoms with Gasteiger partial charge in [0.15, 0.2) is 0 Å². The summed E-state index contributed by atoms with van der Waals surface area (Å²) in [5.41, 5.74) is 7.19. The van der Waals surface area contributed by atoms with Crippen LogP contribution in [0.1, 0.15) is 18.1 Å². The lowest BCUT2D eigenvalue weighted by Gasteiger charge is -2.09. The number of carbonyl (C=O) groups excluding carboxylic acids is 1. The number of hydrogen-bond donors (Lipinski definition) is 1. The van der Waals surface area contributed by atoms with Crippen LogP contribution >= 0.6 is 0 Å². The molecule has 140 valence electrons. The molecule has 0 saturated carbocycles. The van der Waals surface area contributed by atoms with Gasteiger partial charge in [-0.2, -0.15) is 0 Å². The van der Waals surface area contributed by atoms with E-state index in [9.17, 15) is 5.11 Å². The molecule has 0 aliphatic rings. The third kappa shape index (κ3) is 4.12. The van der Waals surface area contributed by atoms with E-state index in [4.69, 9.17) is 4.79 Å². The molecule has 4 aromatic rings. The number of benzene rings is 4. The second kappa shape index (κ2) is 8.53. The zero-order chi connectivity index (χ0) is 20.1. The van der Waals surface area contributed by atoms with Crippen LogP contribution in [0.4, 0.5) is 0 Å². The molecular formula is C26H24O2. The van der Waals surface area contributed by atoms with Crippen molar-refractivity contribution in [3.8, 4) is 28.0 Å². The molecule has 0 saturated heterocycles. The van der Waals surface area contributed by atoms with Gasteiger partial charge in [-0.3, -0.25) is 0 Å². The van der Waals surface area contributed by atoms with Crippen molar-refractivity contribution in [2.45, 2.75) is 20.8 Å². The summed E-state index contributed by atoms with van der Waals surface area (Å²) in [6, 6.07) is 27.0. The number of carbonyl (C=O) groups is 1. The third-order valence-electron chi connectivity index (χ3n) is 4.90. The van der Waals surface area contributed by atoms with E-state index in [2.05, 4.69) is 62.4 Å². The van der Waals surface area contributed by atoms with Crippen molar-refractivity contribution in [3.63, 3.8) is 0 Å². The van der Waals surface area contributed by atoms with Gasteiger partial charge in [-0.05, 0) is 71.7 Å². The number of aldehydes is 1. The first-order chi connectivity index (χ1) is 13.5. The normalized spacial score (nSPS) is 10.2. The minimum absolute atomic E-state index is 0.325. The third-order valence-corrected chi connectivity index (χ3v) is 4.90. The van der Waals surface area contributed by atoms with Gasteiger partial charge in [-0.25, -0.2) is 0 Å². The molecule has 1 N–H and O–H groups in total. The van der Waals surface area contributed by atoms with Crippen molar-refractivity contribution < 1.29 is 9.90 Å². The fraction of sp³-hybridized carbons (Fsp3) is 0.115. The predicted octanol–water partition coefficient (Wildman–Crippen LogP) is 6.70. The van der Waals surface area contributed by atoms with E-state index in [-0.39, 0.29) is 0 Å². The second-order valence-corrected chi connectivity index (χ2v) is 6.83. The molecule has 0 aromatic heterocycles. The molecule has 2 nitrogen and oxygen atoms in total. The van der Waals surface area contributed by atoms with Gasteiger partial charge in [0.05, 0.1) is 0 Å². The second-order valence-electron chi connectivity index (χ2n) is 6.83. The molecule has 0 aliphatic carbocycles. The number of phenols is 1. The SMILES string of the molecule is CC=O.Cc1ccc(-c2ccc(-c3cc(O)c4ccccc4c3)cc2)cc1C. The number of fused-ring (bicyclic) bond motifs is 1. The number of hydrogen-bond acceptors (Lipinski definition) is 2. The minimum Gasteiger partial charge on any atom is -0.507 e. The Labute approximate surface area is 166 Å². The number of phenolic OH excluding ortho intramolecular Hbond substituents is 1. The van der Waals surface area contributed by atoms with Crippen LogP contribution in [0.5, 0.6) is 5.75 Å². The monoisotopic (exact) mass is 368 g/mol. The van der Waals surface area contributed by atoms with Crippen molar-refractivity contribution in [2.24, 2.45) is 0 Å². The smallest absolute Gasteiger partial charge is 0.124 e. The maximum atomic E-state index is 10.3. The first-order valence-corrected chi connectivity index (χ1v) is 9.33. The van der Waals surface area contributed by atoms with Gasteiger partial charge in [0.25, 0.3) is 0 Å². The van der Waals surface area contributed by atoms with Gasteiger partial charge < -0.3 is 9.90 Å².